The van der Waals surface area contributed by atoms with Crippen molar-refractivity contribution in [3.63, 3.8) is 0 Å². The Labute approximate surface area is 259 Å². The number of ether oxygens (including phenoxy) is 3. The Morgan fingerprint density at radius 2 is 1.74 bits per heavy atom. The number of hydrogen-bond donors (Lipinski definition) is 2. The minimum atomic E-state index is -0.730. The number of benzene rings is 1. The standard InChI is InChI=1S/C33H45N3O6S/c1-32(2,3)41-30(38)35-28(23-27-15-11-21-43-27)29(37)34-18-9-7-8-12-24-13-10-14-26(22-24)40-25-16-19-36(20-17-25)31(39)42-33(4,5)6/h10-11,13-15,21-22,25,28H,7,9,16-20,23H2,1-6H3,(H,34,37)(H,35,38)/t28-/m0/s1. The number of rotatable bonds is 9. The lowest BCUT2D eigenvalue weighted by molar-refractivity contribution is -0.123. The second kappa shape index (κ2) is 15.7. The Bertz CT molecular complexity index is 1260. The first-order valence-corrected chi connectivity index (χ1v) is 15.7. The third-order valence-corrected chi connectivity index (χ3v) is 7.13. The lowest BCUT2D eigenvalue weighted by Crippen LogP contribution is -2.49. The van der Waals surface area contributed by atoms with Gasteiger partial charge in [0.15, 0.2) is 0 Å². The van der Waals surface area contributed by atoms with E-state index in [1.165, 1.54) is 11.3 Å². The summed E-state index contributed by atoms with van der Waals surface area (Å²) in [6.45, 7) is 12.6. The molecule has 0 spiro atoms. The number of nitrogens with one attached hydrogen (secondary N) is 2. The fourth-order valence-electron chi connectivity index (χ4n) is 4.29. The summed E-state index contributed by atoms with van der Waals surface area (Å²) in [4.78, 5) is 40.2. The van der Waals surface area contributed by atoms with Gasteiger partial charge in [0.25, 0.3) is 0 Å². The smallest absolute Gasteiger partial charge is 0.410 e. The first kappa shape index (κ1) is 33.8. The van der Waals surface area contributed by atoms with Gasteiger partial charge in [0.2, 0.25) is 5.91 Å². The van der Waals surface area contributed by atoms with E-state index in [4.69, 9.17) is 14.2 Å². The summed E-state index contributed by atoms with van der Waals surface area (Å²) in [6, 6.07) is 10.8. The van der Waals surface area contributed by atoms with Crippen molar-refractivity contribution in [1.82, 2.24) is 15.5 Å². The van der Waals surface area contributed by atoms with Crippen LogP contribution in [0.15, 0.2) is 41.8 Å². The summed E-state index contributed by atoms with van der Waals surface area (Å²) < 4.78 is 17.0. The summed E-state index contributed by atoms with van der Waals surface area (Å²) in [5.74, 6) is 6.83. The molecule has 0 saturated carbocycles. The largest absolute Gasteiger partial charge is 0.490 e. The average Bonchev–Trinajstić information content (AvgIpc) is 3.42. The van der Waals surface area contributed by atoms with E-state index in [1.807, 2.05) is 62.5 Å². The molecular weight excluding hydrogens is 566 g/mol. The van der Waals surface area contributed by atoms with Crippen LogP contribution in [0.3, 0.4) is 0 Å². The van der Waals surface area contributed by atoms with Crippen LogP contribution in [0.5, 0.6) is 5.75 Å². The van der Waals surface area contributed by atoms with E-state index in [2.05, 4.69) is 22.5 Å². The lowest BCUT2D eigenvalue weighted by atomic mass is 10.1. The molecule has 10 heteroatoms. The van der Waals surface area contributed by atoms with Crippen molar-refractivity contribution in [2.24, 2.45) is 0 Å². The predicted octanol–water partition coefficient (Wildman–Crippen LogP) is 5.91. The number of hydrogen-bond acceptors (Lipinski definition) is 7. The van der Waals surface area contributed by atoms with Crippen LogP contribution >= 0.6 is 11.3 Å². The van der Waals surface area contributed by atoms with Gasteiger partial charge in [0, 0.05) is 55.8 Å². The average molecular weight is 612 g/mol. The van der Waals surface area contributed by atoms with Gasteiger partial charge in [0.1, 0.15) is 29.1 Å². The molecule has 1 aliphatic rings. The first-order valence-electron chi connectivity index (χ1n) is 14.8. The Hall–Kier alpha value is -3.71. The van der Waals surface area contributed by atoms with Crippen LogP contribution in [0, 0.1) is 11.8 Å². The van der Waals surface area contributed by atoms with Crippen molar-refractivity contribution in [3.05, 3.63) is 52.2 Å². The van der Waals surface area contributed by atoms with Gasteiger partial charge < -0.3 is 29.7 Å². The van der Waals surface area contributed by atoms with Crippen LogP contribution < -0.4 is 15.4 Å². The summed E-state index contributed by atoms with van der Waals surface area (Å²) in [6.07, 6.45) is 2.27. The Morgan fingerprint density at radius 1 is 1.02 bits per heavy atom. The third-order valence-electron chi connectivity index (χ3n) is 6.23. The second-order valence-corrected chi connectivity index (χ2v) is 13.5. The van der Waals surface area contributed by atoms with Crippen molar-refractivity contribution in [3.8, 4) is 17.6 Å². The molecule has 1 fully saturated rings. The minimum Gasteiger partial charge on any atom is -0.490 e. The molecule has 3 rings (SSSR count). The maximum absolute atomic E-state index is 12.9. The zero-order chi connectivity index (χ0) is 31.5. The van der Waals surface area contributed by atoms with Crippen LogP contribution in [0.25, 0.3) is 0 Å². The monoisotopic (exact) mass is 611 g/mol. The van der Waals surface area contributed by atoms with Gasteiger partial charge in [-0.3, -0.25) is 4.79 Å². The molecule has 2 heterocycles. The highest BCUT2D eigenvalue weighted by atomic mass is 32.1. The molecular formula is C33H45N3O6S. The lowest BCUT2D eigenvalue weighted by Gasteiger charge is -2.33. The van der Waals surface area contributed by atoms with Gasteiger partial charge in [-0.05, 0) is 77.6 Å². The van der Waals surface area contributed by atoms with E-state index in [-0.39, 0.29) is 18.1 Å². The third kappa shape index (κ3) is 13.0. The van der Waals surface area contributed by atoms with E-state index in [9.17, 15) is 14.4 Å². The number of likely N-dealkylation sites (tertiary alicyclic amines) is 1. The molecule has 0 bridgehead atoms. The van der Waals surface area contributed by atoms with E-state index >= 15 is 0 Å². The zero-order valence-electron chi connectivity index (χ0n) is 26.2. The van der Waals surface area contributed by atoms with Crippen LogP contribution in [0.2, 0.25) is 0 Å². The normalized spacial score (nSPS) is 14.6. The second-order valence-electron chi connectivity index (χ2n) is 12.5. The fourth-order valence-corrected chi connectivity index (χ4v) is 5.04. The molecule has 1 aromatic carbocycles. The van der Waals surface area contributed by atoms with Gasteiger partial charge in [-0.25, -0.2) is 9.59 Å². The Morgan fingerprint density at radius 3 is 2.40 bits per heavy atom. The van der Waals surface area contributed by atoms with Crippen molar-refractivity contribution in [2.75, 3.05) is 19.6 Å². The molecule has 3 amide bonds. The summed E-state index contributed by atoms with van der Waals surface area (Å²) in [7, 11) is 0. The predicted molar refractivity (Wildman–Crippen MR) is 168 cm³/mol. The van der Waals surface area contributed by atoms with Gasteiger partial charge >= 0.3 is 12.2 Å². The molecule has 1 aliphatic heterocycles. The molecule has 0 unspecified atom stereocenters. The van der Waals surface area contributed by atoms with E-state index in [0.717, 1.165) is 29.0 Å². The highest BCUT2D eigenvalue weighted by Gasteiger charge is 2.28. The fraction of sp³-hybridized carbons (Fsp3) is 0.545. The zero-order valence-corrected chi connectivity index (χ0v) is 27.0. The van der Waals surface area contributed by atoms with Crippen molar-refractivity contribution in [1.29, 1.82) is 0 Å². The van der Waals surface area contributed by atoms with Gasteiger partial charge in [0.05, 0.1) is 0 Å². The van der Waals surface area contributed by atoms with E-state index < -0.39 is 23.3 Å². The van der Waals surface area contributed by atoms with Crippen molar-refractivity contribution < 1.29 is 28.6 Å². The van der Waals surface area contributed by atoms with Crippen LogP contribution in [0.4, 0.5) is 9.59 Å². The van der Waals surface area contributed by atoms with Gasteiger partial charge in [-0.2, -0.15) is 0 Å². The number of piperidine rings is 1. The number of unbranched alkanes of at least 4 members (excludes halogenated alkanes) is 1. The van der Waals surface area contributed by atoms with Crippen LogP contribution in [-0.2, 0) is 20.7 Å². The molecule has 0 aliphatic carbocycles. The maximum Gasteiger partial charge on any atom is 0.410 e. The van der Waals surface area contributed by atoms with Gasteiger partial charge in [-0.1, -0.05) is 24.0 Å². The molecule has 1 aromatic heterocycles. The number of amides is 3. The van der Waals surface area contributed by atoms with Crippen LogP contribution in [0.1, 0.15) is 77.7 Å². The number of nitrogens with zero attached hydrogens (tertiary/aromatic N) is 1. The molecule has 2 aromatic rings. The molecule has 9 nitrogen and oxygen atoms in total. The summed E-state index contributed by atoms with van der Waals surface area (Å²) in [5.41, 5.74) is -0.307. The van der Waals surface area contributed by atoms with E-state index in [1.54, 1.807) is 25.7 Å². The first-order chi connectivity index (χ1) is 20.3. The van der Waals surface area contributed by atoms with Gasteiger partial charge in [-0.15, -0.1) is 11.3 Å². The molecule has 43 heavy (non-hydrogen) atoms. The molecule has 1 atom stereocenters. The van der Waals surface area contributed by atoms with Crippen molar-refractivity contribution in [2.45, 2.75) is 97.0 Å². The topological polar surface area (TPSA) is 106 Å². The molecule has 1 saturated heterocycles. The van der Waals surface area contributed by atoms with Crippen LogP contribution in [-0.4, -0.2) is 66.0 Å². The molecule has 0 radical (unpaired) electrons. The van der Waals surface area contributed by atoms with Crippen molar-refractivity contribution >= 4 is 29.4 Å². The number of carbonyl (C=O) groups excluding carboxylic acids is 3. The molecule has 234 valence electrons. The Balaban J connectivity index is 1.42. The number of thiophene rings is 1. The highest BCUT2D eigenvalue weighted by Crippen LogP contribution is 2.21. The number of carbonyl (C=O) groups is 3. The number of alkyl carbamates (subject to hydrolysis) is 1. The highest BCUT2D eigenvalue weighted by molar-refractivity contribution is 7.09. The Kier molecular flexibility index (Phi) is 12.3. The van der Waals surface area contributed by atoms with E-state index in [0.29, 0.717) is 38.9 Å². The maximum atomic E-state index is 12.9. The minimum absolute atomic E-state index is 0.0268. The SMILES string of the molecule is CC(C)(C)OC(=O)N[C@@H](Cc1cccs1)C(=O)NCCCC#Cc1cccc(OC2CCN(C(=O)OC(C)(C)C)CC2)c1. The summed E-state index contributed by atoms with van der Waals surface area (Å²) in [5, 5.41) is 7.56. The quantitative estimate of drug-likeness (QED) is 0.270. The summed E-state index contributed by atoms with van der Waals surface area (Å²) >= 11 is 1.54. The molecule has 2 N–H and O–H groups in total.